The molecule has 3 nitrogen and oxygen atoms in total. The molecule has 0 saturated heterocycles. The molecule has 0 radical (unpaired) electrons. The minimum absolute atomic E-state index is 0.0406. The van der Waals surface area contributed by atoms with Crippen LogP contribution in [0.25, 0.3) is 0 Å². The lowest BCUT2D eigenvalue weighted by atomic mass is 10.00. The second-order valence-electron chi connectivity index (χ2n) is 5.85. The molecule has 1 aromatic rings. The van der Waals surface area contributed by atoms with E-state index in [0.29, 0.717) is 5.92 Å². The number of rotatable bonds is 4. The number of amides is 1. The van der Waals surface area contributed by atoms with Crippen LogP contribution in [-0.2, 0) is 0 Å². The van der Waals surface area contributed by atoms with Crippen molar-refractivity contribution in [1.29, 1.82) is 0 Å². The summed E-state index contributed by atoms with van der Waals surface area (Å²) in [7, 11) is 0. The van der Waals surface area contributed by atoms with E-state index in [1.54, 1.807) is 0 Å². The Morgan fingerprint density at radius 2 is 2.00 bits per heavy atom. The highest BCUT2D eigenvalue weighted by atomic mass is 79.9. The molecule has 2 rings (SSSR count). The smallest absolute Gasteiger partial charge is 0.268 e. The minimum atomic E-state index is 0.0406. The highest BCUT2D eigenvalue weighted by Crippen LogP contribution is 2.28. The Kier molecular flexibility index (Phi) is 4.71. The van der Waals surface area contributed by atoms with Gasteiger partial charge in [-0.25, -0.2) is 0 Å². The summed E-state index contributed by atoms with van der Waals surface area (Å²) in [6, 6.07) is 2.45. The van der Waals surface area contributed by atoms with Gasteiger partial charge in [0.05, 0.1) is 0 Å². The summed E-state index contributed by atoms with van der Waals surface area (Å²) in [6.07, 6.45) is 7.07. The maximum absolute atomic E-state index is 12.4. The molecule has 106 valence electrons. The Morgan fingerprint density at radius 1 is 1.37 bits per heavy atom. The molecule has 0 aromatic carbocycles. The third kappa shape index (κ3) is 3.41. The lowest BCUT2D eigenvalue weighted by Gasteiger charge is -2.21. The summed E-state index contributed by atoms with van der Waals surface area (Å²) in [6.45, 7) is 6.30. The molecule has 1 saturated carbocycles. The number of halogens is 1. The Hall–Kier alpha value is -0.770. The summed E-state index contributed by atoms with van der Waals surface area (Å²) in [5.74, 6) is 0.689. The van der Waals surface area contributed by atoms with E-state index in [1.807, 2.05) is 16.8 Å². The normalized spacial score (nSPS) is 17.9. The first kappa shape index (κ1) is 14.6. The number of carbonyl (C=O) groups excluding carboxylic acids is 1. The van der Waals surface area contributed by atoms with Crippen LogP contribution in [0.4, 0.5) is 0 Å². The molecule has 0 spiro atoms. The van der Waals surface area contributed by atoms with Crippen LogP contribution >= 0.6 is 15.9 Å². The number of nitrogens with zero attached hydrogens (tertiary/aromatic N) is 1. The molecule has 1 heterocycles. The number of hydrogen-bond donors (Lipinski definition) is 1. The highest BCUT2D eigenvalue weighted by Gasteiger charge is 2.24. The fourth-order valence-corrected chi connectivity index (χ4v) is 3.35. The van der Waals surface area contributed by atoms with Gasteiger partial charge >= 0.3 is 0 Å². The number of nitrogens with one attached hydrogen (secondary N) is 1. The van der Waals surface area contributed by atoms with Gasteiger partial charge in [0.2, 0.25) is 0 Å². The van der Waals surface area contributed by atoms with Crippen LogP contribution < -0.4 is 5.32 Å². The average Bonchev–Trinajstić information content (AvgIpc) is 2.96. The van der Waals surface area contributed by atoms with Crippen molar-refractivity contribution in [2.75, 3.05) is 0 Å². The Morgan fingerprint density at radius 3 is 2.58 bits per heavy atom. The predicted octanol–water partition coefficient (Wildman–Crippen LogP) is 4.14. The molecule has 1 aromatic heterocycles. The fourth-order valence-electron chi connectivity index (χ4n) is 2.91. The zero-order valence-corrected chi connectivity index (χ0v) is 13.5. The van der Waals surface area contributed by atoms with Gasteiger partial charge in [-0.15, -0.1) is 0 Å². The van der Waals surface area contributed by atoms with Crippen LogP contribution in [0.2, 0.25) is 0 Å². The van der Waals surface area contributed by atoms with E-state index < -0.39 is 0 Å². The van der Waals surface area contributed by atoms with Gasteiger partial charge in [0.15, 0.2) is 0 Å². The van der Waals surface area contributed by atoms with Gasteiger partial charge in [0.25, 0.3) is 5.91 Å². The molecule has 4 heteroatoms. The maximum Gasteiger partial charge on any atom is 0.268 e. The van der Waals surface area contributed by atoms with Crippen molar-refractivity contribution in [2.45, 2.75) is 58.5 Å². The third-order valence-electron chi connectivity index (χ3n) is 4.07. The van der Waals surface area contributed by atoms with E-state index >= 15 is 0 Å². The first-order valence-electron chi connectivity index (χ1n) is 7.17. The van der Waals surface area contributed by atoms with Gasteiger partial charge in [-0.1, -0.05) is 12.8 Å². The van der Waals surface area contributed by atoms with Crippen LogP contribution in [0, 0.1) is 5.92 Å². The molecule has 1 fully saturated rings. The first-order chi connectivity index (χ1) is 8.99. The summed E-state index contributed by atoms with van der Waals surface area (Å²) >= 11 is 3.45. The van der Waals surface area contributed by atoms with Crippen molar-refractivity contribution >= 4 is 21.8 Å². The first-order valence-corrected chi connectivity index (χ1v) is 7.96. The maximum atomic E-state index is 12.4. The van der Waals surface area contributed by atoms with Crippen LogP contribution in [0.5, 0.6) is 0 Å². The van der Waals surface area contributed by atoms with E-state index in [2.05, 4.69) is 42.0 Å². The van der Waals surface area contributed by atoms with E-state index in [9.17, 15) is 4.79 Å². The van der Waals surface area contributed by atoms with E-state index in [0.717, 1.165) is 10.2 Å². The number of hydrogen-bond acceptors (Lipinski definition) is 1. The standard InChI is InChI=1S/C15H23BrN2O/c1-10(2)18-9-13(16)8-14(18)15(19)17-11(3)12-6-4-5-7-12/h8-12H,4-7H2,1-3H3,(H,17,19). The minimum Gasteiger partial charge on any atom is -0.348 e. The van der Waals surface area contributed by atoms with Gasteiger partial charge in [-0.2, -0.15) is 0 Å². The summed E-state index contributed by atoms with van der Waals surface area (Å²) in [4.78, 5) is 12.4. The molecule has 1 unspecified atom stereocenters. The molecule has 1 atom stereocenters. The second kappa shape index (κ2) is 6.12. The summed E-state index contributed by atoms with van der Waals surface area (Å²) in [5, 5.41) is 3.17. The van der Waals surface area contributed by atoms with Crippen molar-refractivity contribution in [3.63, 3.8) is 0 Å². The lowest BCUT2D eigenvalue weighted by molar-refractivity contribution is 0.0916. The van der Waals surface area contributed by atoms with Crippen LogP contribution in [0.1, 0.15) is 63.0 Å². The van der Waals surface area contributed by atoms with E-state index in [1.165, 1.54) is 25.7 Å². The largest absolute Gasteiger partial charge is 0.348 e. The lowest BCUT2D eigenvalue weighted by Crippen LogP contribution is -2.38. The Bertz CT molecular complexity index is 447. The van der Waals surface area contributed by atoms with Crippen LogP contribution in [-0.4, -0.2) is 16.5 Å². The molecule has 0 aliphatic heterocycles. The second-order valence-corrected chi connectivity index (χ2v) is 6.77. The van der Waals surface area contributed by atoms with Gasteiger partial charge in [-0.05, 0) is 61.5 Å². The number of aromatic nitrogens is 1. The van der Waals surface area contributed by atoms with E-state index in [4.69, 9.17) is 0 Å². The average molecular weight is 327 g/mol. The van der Waals surface area contributed by atoms with Gasteiger partial charge in [0, 0.05) is 22.8 Å². The molecule has 1 amide bonds. The van der Waals surface area contributed by atoms with Crippen LogP contribution in [0.3, 0.4) is 0 Å². The topological polar surface area (TPSA) is 34.0 Å². The molecular weight excluding hydrogens is 304 g/mol. The molecule has 1 aliphatic carbocycles. The summed E-state index contributed by atoms with van der Waals surface area (Å²) < 4.78 is 2.97. The van der Waals surface area contributed by atoms with Crippen molar-refractivity contribution in [2.24, 2.45) is 5.92 Å². The third-order valence-corrected chi connectivity index (χ3v) is 4.50. The van der Waals surface area contributed by atoms with Crippen molar-refractivity contribution in [3.05, 3.63) is 22.4 Å². The monoisotopic (exact) mass is 326 g/mol. The van der Waals surface area contributed by atoms with Crippen molar-refractivity contribution in [3.8, 4) is 0 Å². The number of carbonyl (C=O) groups is 1. The Labute approximate surface area is 123 Å². The molecule has 19 heavy (non-hydrogen) atoms. The quantitative estimate of drug-likeness (QED) is 0.886. The SMILES string of the molecule is CC(NC(=O)c1cc(Br)cn1C(C)C)C1CCCC1. The van der Waals surface area contributed by atoms with Gasteiger partial charge < -0.3 is 9.88 Å². The van der Waals surface area contributed by atoms with Crippen molar-refractivity contribution in [1.82, 2.24) is 9.88 Å². The van der Waals surface area contributed by atoms with Gasteiger partial charge in [0.1, 0.15) is 5.69 Å². The highest BCUT2D eigenvalue weighted by molar-refractivity contribution is 9.10. The van der Waals surface area contributed by atoms with Gasteiger partial charge in [-0.3, -0.25) is 4.79 Å². The van der Waals surface area contributed by atoms with E-state index in [-0.39, 0.29) is 18.0 Å². The Balaban J connectivity index is 2.06. The van der Waals surface area contributed by atoms with Crippen LogP contribution in [0.15, 0.2) is 16.7 Å². The zero-order chi connectivity index (χ0) is 14.0. The zero-order valence-electron chi connectivity index (χ0n) is 11.9. The fraction of sp³-hybridized carbons (Fsp3) is 0.667. The van der Waals surface area contributed by atoms with Crippen molar-refractivity contribution < 1.29 is 4.79 Å². The summed E-state index contributed by atoms with van der Waals surface area (Å²) in [5.41, 5.74) is 0.742. The molecule has 1 aliphatic rings. The molecule has 0 bridgehead atoms. The molecular formula is C15H23BrN2O. The predicted molar refractivity (Wildman–Crippen MR) is 81.4 cm³/mol. The molecule has 1 N–H and O–H groups in total.